The van der Waals surface area contributed by atoms with Crippen molar-refractivity contribution in [3.05, 3.63) is 29.8 Å². The molecule has 1 saturated heterocycles. The first-order valence-corrected chi connectivity index (χ1v) is 7.08. The van der Waals surface area contributed by atoms with E-state index in [1.165, 1.54) is 12.1 Å². The first-order valence-electron chi connectivity index (χ1n) is 7.08. The lowest BCUT2D eigenvalue weighted by Crippen LogP contribution is -2.28. The highest BCUT2D eigenvalue weighted by atomic mass is 19.4. The minimum Gasteiger partial charge on any atom is -0.455 e. The van der Waals surface area contributed by atoms with Gasteiger partial charge in [0.2, 0.25) is 0 Å². The predicted molar refractivity (Wildman–Crippen MR) is 74.6 cm³/mol. The third kappa shape index (κ3) is 4.95. The van der Waals surface area contributed by atoms with Crippen molar-refractivity contribution in [3.63, 3.8) is 0 Å². The van der Waals surface area contributed by atoms with E-state index in [4.69, 9.17) is 9.47 Å². The van der Waals surface area contributed by atoms with Crippen molar-refractivity contribution in [2.75, 3.05) is 25.1 Å². The number of amides is 1. The normalized spacial score (nSPS) is 16.0. The fraction of sp³-hybridized carbons (Fsp3) is 0.467. The second kappa shape index (κ2) is 7.45. The van der Waals surface area contributed by atoms with Crippen LogP contribution in [0.1, 0.15) is 18.4 Å². The van der Waals surface area contributed by atoms with Crippen molar-refractivity contribution >= 4 is 17.6 Å². The van der Waals surface area contributed by atoms with Crippen LogP contribution in [0.25, 0.3) is 0 Å². The molecule has 1 amide bonds. The largest absolute Gasteiger partial charge is 0.455 e. The lowest BCUT2D eigenvalue weighted by Gasteiger charge is -2.20. The number of benzene rings is 1. The van der Waals surface area contributed by atoms with Crippen LogP contribution in [0, 0.1) is 5.92 Å². The lowest BCUT2D eigenvalue weighted by atomic mass is 10.0. The van der Waals surface area contributed by atoms with Gasteiger partial charge < -0.3 is 14.8 Å². The number of ether oxygens (including phenoxy) is 2. The summed E-state index contributed by atoms with van der Waals surface area (Å²) < 4.78 is 48.4. The number of hydrogen-bond acceptors (Lipinski definition) is 4. The number of halogens is 3. The maximum Gasteiger partial charge on any atom is 0.418 e. The Hall–Kier alpha value is -2.09. The Morgan fingerprint density at radius 2 is 1.87 bits per heavy atom. The zero-order valence-corrected chi connectivity index (χ0v) is 12.2. The Bertz CT molecular complexity index is 568. The number of nitrogens with one attached hydrogen (secondary N) is 1. The molecule has 0 aromatic heterocycles. The summed E-state index contributed by atoms with van der Waals surface area (Å²) >= 11 is 0. The Balaban J connectivity index is 1.89. The molecule has 2 rings (SSSR count). The minimum absolute atomic E-state index is 0.334. The summed E-state index contributed by atoms with van der Waals surface area (Å²) in [7, 11) is 0. The zero-order valence-electron chi connectivity index (χ0n) is 12.2. The number of anilines is 1. The first kappa shape index (κ1) is 17.3. The molecular formula is C15H16F3NO4. The van der Waals surface area contributed by atoms with Crippen molar-refractivity contribution in [1.82, 2.24) is 0 Å². The van der Waals surface area contributed by atoms with Gasteiger partial charge in [-0.05, 0) is 25.0 Å². The third-order valence-corrected chi connectivity index (χ3v) is 3.41. The molecule has 5 nitrogen and oxygen atoms in total. The number of alkyl halides is 3. The molecule has 1 fully saturated rings. The molecule has 8 heteroatoms. The van der Waals surface area contributed by atoms with E-state index in [9.17, 15) is 22.8 Å². The quantitative estimate of drug-likeness (QED) is 0.862. The molecule has 0 unspecified atom stereocenters. The topological polar surface area (TPSA) is 64.6 Å². The zero-order chi connectivity index (χ0) is 16.9. The standard InChI is InChI=1S/C15H16F3NO4/c16-15(17,18)11-3-1-2-4-12(11)19-13(20)9-23-14(21)10-5-7-22-8-6-10/h1-4,10H,5-9H2,(H,19,20). The van der Waals surface area contributed by atoms with Crippen molar-refractivity contribution in [2.24, 2.45) is 5.92 Å². The first-order chi connectivity index (χ1) is 10.9. The SMILES string of the molecule is O=C(COC(=O)C1CCOCC1)Nc1ccccc1C(F)(F)F. The fourth-order valence-corrected chi connectivity index (χ4v) is 2.21. The monoisotopic (exact) mass is 331 g/mol. The van der Waals surface area contributed by atoms with E-state index in [2.05, 4.69) is 5.32 Å². The predicted octanol–water partition coefficient (Wildman–Crippen LogP) is 2.61. The van der Waals surface area contributed by atoms with Gasteiger partial charge >= 0.3 is 12.1 Å². The molecule has 1 aliphatic rings. The number of carbonyl (C=O) groups is 2. The van der Waals surface area contributed by atoms with E-state index in [0.29, 0.717) is 26.1 Å². The third-order valence-electron chi connectivity index (χ3n) is 3.41. The molecule has 126 valence electrons. The van der Waals surface area contributed by atoms with E-state index in [1.54, 1.807) is 0 Å². The Morgan fingerprint density at radius 1 is 1.22 bits per heavy atom. The van der Waals surface area contributed by atoms with Gasteiger partial charge in [0.25, 0.3) is 5.91 Å². The summed E-state index contributed by atoms with van der Waals surface area (Å²) in [6.07, 6.45) is -3.56. The van der Waals surface area contributed by atoms with E-state index >= 15 is 0 Å². The van der Waals surface area contributed by atoms with Gasteiger partial charge in [0.1, 0.15) is 0 Å². The molecule has 1 aromatic rings. The Kier molecular flexibility index (Phi) is 5.59. The number of rotatable bonds is 4. The van der Waals surface area contributed by atoms with Gasteiger partial charge in [0, 0.05) is 13.2 Å². The molecule has 0 aliphatic carbocycles. The molecule has 1 aromatic carbocycles. The summed E-state index contributed by atoms with van der Waals surface area (Å²) in [5.74, 6) is -1.69. The second-order valence-corrected chi connectivity index (χ2v) is 5.09. The van der Waals surface area contributed by atoms with Gasteiger partial charge in [-0.25, -0.2) is 0 Å². The molecule has 0 saturated carbocycles. The smallest absolute Gasteiger partial charge is 0.418 e. The minimum atomic E-state index is -4.58. The second-order valence-electron chi connectivity index (χ2n) is 5.09. The van der Waals surface area contributed by atoms with Crippen LogP contribution in [-0.2, 0) is 25.2 Å². The van der Waals surface area contributed by atoms with Crippen LogP contribution >= 0.6 is 0 Å². The average Bonchev–Trinajstić information content (AvgIpc) is 2.53. The summed E-state index contributed by atoms with van der Waals surface area (Å²) in [6, 6.07) is 4.60. The number of carbonyl (C=O) groups excluding carboxylic acids is 2. The van der Waals surface area contributed by atoms with Crippen molar-refractivity contribution in [1.29, 1.82) is 0 Å². The molecule has 1 N–H and O–H groups in total. The highest BCUT2D eigenvalue weighted by molar-refractivity contribution is 5.93. The Labute approximate surface area is 130 Å². The lowest BCUT2D eigenvalue weighted by molar-refractivity contribution is -0.154. The van der Waals surface area contributed by atoms with Crippen LogP contribution in [0.5, 0.6) is 0 Å². The van der Waals surface area contributed by atoms with Crippen LogP contribution in [0.2, 0.25) is 0 Å². The van der Waals surface area contributed by atoms with Gasteiger partial charge in [0.15, 0.2) is 6.61 Å². The van der Waals surface area contributed by atoms with Gasteiger partial charge in [-0.1, -0.05) is 12.1 Å². The van der Waals surface area contributed by atoms with Crippen LogP contribution in [0.3, 0.4) is 0 Å². The van der Waals surface area contributed by atoms with E-state index < -0.39 is 30.2 Å². The highest BCUT2D eigenvalue weighted by Crippen LogP contribution is 2.34. The molecule has 0 radical (unpaired) electrons. The van der Waals surface area contributed by atoms with Gasteiger partial charge in [-0.15, -0.1) is 0 Å². The van der Waals surface area contributed by atoms with Crippen molar-refractivity contribution < 1.29 is 32.2 Å². The molecule has 1 heterocycles. The molecule has 23 heavy (non-hydrogen) atoms. The van der Waals surface area contributed by atoms with Gasteiger partial charge in [0.05, 0.1) is 17.2 Å². The van der Waals surface area contributed by atoms with Crippen LogP contribution < -0.4 is 5.32 Å². The van der Waals surface area contributed by atoms with E-state index in [-0.39, 0.29) is 11.6 Å². The average molecular weight is 331 g/mol. The van der Waals surface area contributed by atoms with Crippen molar-refractivity contribution in [2.45, 2.75) is 19.0 Å². The van der Waals surface area contributed by atoms with Crippen LogP contribution in [0.15, 0.2) is 24.3 Å². The molecule has 0 spiro atoms. The maximum absolute atomic E-state index is 12.8. The van der Waals surface area contributed by atoms with Crippen LogP contribution in [-0.4, -0.2) is 31.7 Å². The summed E-state index contributed by atoms with van der Waals surface area (Å²) in [6.45, 7) is 0.276. The number of para-hydroxylation sites is 1. The Morgan fingerprint density at radius 3 is 2.52 bits per heavy atom. The van der Waals surface area contributed by atoms with Crippen LogP contribution in [0.4, 0.5) is 18.9 Å². The summed E-state index contributed by atoms with van der Waals surface area (Å²) in [4.78, 5) is 23.4. The summed E-state index contributed by atoms with van der Waals surface area (Å²) in [5, 5.41) is 2.11. The molecule has 0 atom stereocenters. The fourth-order valence-electron chi connectivity index (χ4n) is 2.21. The number of hydrogen-bond donors (Lipinski definition) is 1. The summed E-state index contributed by atoms with van der Waals surface area (Å²) in [5.41, 5.74) is -1.32. The number of esters is 1. The maximum atomic E-state index is 12.8. The molecular weight excluding hydrogens is 315 g/mol. The highest BCUT2D eigenvalue weighted by Gasteiger charge is 2.33. The molecule has 0 bridgehead atoms. The van der Waals surface area contributed by atoms with Gasteiger partial charge in [-0.2, -0.15) is 13.2 Å². The molecule has 1 aliphatic heterocycles. The van der Waals surface area contributed by atoms with E-state index in [0.717, 1.165) is 12.1 Å². The van der Waals surface area contributed by atoms with E-state index in [1.807, 2.05) is 0 Å². The van der Waals surface area contributed by atoms with Crippen molar-refractivity contribution in [3.8, 4) is 0 Å². The van der Waals surface area contributed by atoms with Gasteiger partial charge in [-0.3, -0.25) is 9.59 Å².